The lowest BCUT2D eigenvalue weighted by atomic mass is 10.1. The van der Waals surface area contributed by atoms with Gasteiger partial charge >= 0.3 is 0 Å². The van der Waals surface area contributed by atoms with E-state index in [0.29, 0.717) is 24.5 Å². The number of aryl methyl sites for hydroxylation is 1. The molecule has 1 aliphatic rings. The Bertz CT molecular complexity index is 814. The quantitative estimate of drug-likeness (QED) is 0.883. The van der Waals surface area contributed by atoms with Crippen molar-refractivity contribution in [3.8, 4) is 0 Å². The Balaban J connectivity index is 1.93. The minimum atomic E-state index is -3.70. The molecule has 2 heterocycles. The van der Waals surface area contributed by atoms with Crippen LogP contribution in [-0.2, 0) is 17.3 Å². The highest BCUT2D eigenvalue weighted by molar-refractivity contribution is 7.87. The van der Waals surface area contributed by atoms with Gasteiger partial charge in [-0.15, -0.1) is 0 Å². The van der Waals surface area contributed by atoms with Crippen molar-refractivity contribution in [1.82, 2.24) is 18.6 Å². The van der Waals surface area contributed by atoms with Crippen molar-refractivity contribution >= 4 is 10.2 Å². The van der Waals surface area contributed by atoms with Crippen LogP contribution in [0.25, 0.3) is 0 Å². The molecule has 0 spiro atoms. The maximum Gasteiger partial charge on any atom is 0.280 e. The lowest BCUT2D eigenvalue weighted by Crippen LogP contribution is -2.43. The van der Waals surface area contributed by atoms with Crippen LogP contribution >= 0.6 is 0 Å². The van der Waals surface area contributed by atoms with Crippen LogP contribution in [-0.4, -0.2) is 35.4 Å². The average Bonchev–Trinajstić information content (AvgIpc) is 2.83. The van der Waals surface area contributed by atoms with Gasteiger partial charge in [0, 0.05) is 32.5 Å². The smallest absolute Gasteiger partial charge is 0.280 e. The molecule has 0 amide bonds. The minimum absolute atomic E-state index is 0.411. The molecule has 1 aromatic carbocycles. The van der Waals surface area contributed by atoms with Crippen LogP contribution in [0.2, 0.25) is 0 Å². The summed E-state index contributed by atoms with van der Waals surface area (Å²) < 4.78 is 45.4. The second-order valence-corrected chi connectivity index (χ2v) is 8.02. The van der Waals surface area contributed by atoms with Crippen LogP contribution in [0.15, 0.2) is 36.7 Å². The van der Waals surface area contributed by atoms with Crippen LogP contribution in [0.5, 0.6) is 0 Å². The molecule has 25 heavy (non-hydrogen) atoms. The van der Waals surface area contributed by atoms with Crippen molar-refractivity contribution in [3.63, 3.8) is 0 Å². The molecule has 0 aliphatic carbocycles. The largest absolute Gasteiger partial charge is 0.336 e. The highest BCUT2D eigenvalue weighted by atomic mass is 32.2. The number of hydrogen-bond donors (Lipinski definition) is 1. The fourth-order valence-corrected chi connectivity index (χ4v) is 4.54. The number of nitrogens with zero attached hydrogens (tertiary/aromatic N) is 3. The summed E-state index contributed by atoms with van der Waals surface area (Å²) in [6.07, 6.45) is 7.13. The van der Waals surface area contributed by atoms with E-state index in [9.17, 15) is 12.8 Å². The summed E-state index contributed by atoms with van der Waals surface area (Å²) in [7, 11) is -1.92. The van der Waals surface area contributed by atoms with Gasteiger partial charge in [0.05, 0.1) is 0 Å². The standard InChI is InChI=1S/C17H23FN4O2S/c1-21-12-9-19-17(21)16(14-7-6-8-15(18)13-14)20-25(23,24)22-10-4-2-3-5-11-22/h6-9,12-13,16,20H,2-5,10-11H2,1H3. The first kappa shape index (κ1) is 18.0. The number of halogens is 1. The molecule has 3 rings (SSSR count). The maximum absolute atomic E-state index is 13.7. The van der Waals surface area contributed by atoms with Crippen molar-refractivity contribution in [2.75, 3.05) is 13.1 Å². The number of benzene rings is 1. The van der Waals surface area contributed by atoms with Crippen LogP contribution < -0.4 is 4.72 Å². The zero-order chi connectivity index (χ0) is 17.9. The number of aromatic nitrogens is 2. The Morgan fingerprint density at radius 3 is 2.52 bits per heavy atom. The Morgan fingerprint density at radius 2 is 1.92 bits per heavy atom. The molecule has 0 saturated carbocycles. The molecule has 1 unspecified atom stereocenters. The molecule has 1 aromatic heterocycles. The summed E-state index contributed by atoms with van der Waals surface area (Å²) in [6, 6.07) is 5.20. The monoisotopic (exact) mass is 366 g/mol. The molecule has 1 N–H and O–H groups in total. The molecule has 1 saturated heterocycles. The van der Waals surface area contributed by atoms with E-state index < -0.39 is 22.1 Å². The molecule has 136 valence electrons. The van der Waals surface area contributed by atoms with Gasteiger partial charge in [0.25, 0.3) is 10.2 Å². The molecule has 0 bridgehead atoms. The third-order valence-corrected chi connectivity index (χ3v) is 6.05. The minimum Gasteiger partial charge on any atom is -0.336 e. The second kappa shape index (κ2) is 7.63. The summed E-state index contributed by atoms with van der Waals surface area (Å²) in [5.74, 6) is 0.106. The highest BCUT2D eigenvalue weighted by Crippen LogP contribution is 2.23. The van der Waals surface area contributed by atoms with E-state index in [1.54, 1.807) is 36.1 Å². The SMILES string of the molecule is Cn1ccnc1C(NS(=O)(=O)N1CCCCCC1)c1cccc(F)c1. The highest BCUT2D eigenvalue weighted by Gasteiger charge is 2.29. The molecule has 1 fully saturated rings. The maximum atomic E-state index is 13.7. The molecule has 1 atom stereocenters. The van der Waals surface area contributed by atoms with Gasteiger partial charge in [-0.3, -0.25) is 0 Å². The Hall–Kier alpha value is -1.77. The van der Waals surface area contributed by atoms with Gasteiger partial charge in [0.1, 0.15) is 17.7 Å². The van der Waals surface area contributed by atoms with Gasteiger partial charge < -0.3 is 4.57 Å². The summed E-state index contributed by atoms with van der Waals surface area (Å²) in [4.78, 5) is 4.27. The zero-order valence-electron chi connectivity index (χ0n) is 14.2. The molecular weight excluding hydrogens is 343 g/mol. The van der Waals surface area contributed by atoms with Crippen LogP contribution in [0.4, 0.5) is 4.39 Å². The van der Waals surface area contributed by atoms with E-state index in [0.717, 1.165) is 25.7 Å². The number of imidazole rings is 1. The molecule has 1 aliphatic heterocycles. The van der Waals surface area contributed by atoms with Crippen LogP contribution in [0.3, 0.4) is 0 Å². The topological polar surface area (TPSA) is 67.2 Å². The van der Waals surface area contributed by atoms with E-state index in [1.165, 1.54) is 16.4 Å². The van der Waals surface area contributed by atoms with Crippen LogP contribution in [0.1, 0.15) is 43.1 Å². The molecule has 2 aromatic rings. The summed E-state index contributed by atoms with van der Waals surface area (Å²) in [5, 5.41) is 0. The number of hydrogen-bond acceptors (Lipinski definition) is 3. The third kappa shape index (κ3) is 4.26. The van der Waals surface area contributed by atoms with Crippen molar-refractivity contribution < 1.29 is 12.8 Å². The van der Waals surface area contributed by atoms with Crippen molar-refractivity contribution in [1.29, 1.82) is 0 Å². The van der Waals surface area contributed by atoms with Crippen molar-refractivity contribution in [2.24, 2.45) is 7.05 Å². The van der Waals surface area contributed by atoms with Crippen LogP contribution in [0, 0.1) is 5.82 Å². The van der Waals surface area contributed by atoms with Gasteiger partial charge in [0.15, 0.2) is 0 Å². The van der Waals surface area contributed by atoms with E-state index in [4.69, 9.17) is 0 Å². The zero-order valence-corrected chi connectivity index (χ0v) is 15.0. The molecule has 6 nitrogen and oxygen atoms in total. The number of rotatable bonds is 5. The average molecular weight is 366 g/mol. The fraction of sp³-hybridized carbons (Fsp3) is 0.471. The van der Waals surface area contributed by atoms with E-state index in [2.05, 4.69) is 9.71 Å². The molecule has 8 heteroatoms. The molecule has 0 radical (unpaired) electrons. The third-order valence-electron chi connectivity index (χ3n) is 4.47. The van der Waals surface area contributed by atoms with Crippen molar-refractivity contribution in [2.45, 2.75) is 31.7 Å². The fourth-order valence-electron chi connectivity index (χ4n) is 3.12. The summed E-state index contributed by atoms with van der Waals surface area (Å²) in [6.45, 7) is 1.01. The predicted octanol–water partition coefficient (Wildman–Crippen LogP) is 2.36. The normalized spacial score (nSPS) is 18.0. The van der Waals surface area contributed by atoms with E-state index in [-0.39, 0.29) is 0 Å². The van der Waals surface area contributed by atoms with Gasteiger partial charge in [-0.05, 0) is 30.5 Å². The Labute approximate surface area is 147 Å². The predicted molar refractivity (Wildman–Crippen MR) is 93.5 cm³/mol. The lowest BCUT2D eigenvalue weighted by Gasteiger charge is -2.25. The molecular formula is C17H23FN4O2S. The van der Waals surface area contributed by atoms with Crippen molar-refractivity contribution in [3.05, 3.63) is 53.9 Å². The summed E-state index contributed by atoms with van der Waals surface area (Å²) >= 11 is 0. The first-order valence-corrected chi connectivity index (χ1v) is 9.91. The van der Waals surface area contributed by atoms with E-state index >= 15 is 0 Å². The Kier molecular flexibility index (Phi) is 5.51. The first-order chi connectivity index (χ1) is 12.0. The van der Waals surface area contributed by atoms with Gasteiger partial charge in [-0.1, -0.05) is 25.0 Å². The van der Waals surface area contributed by atoms with E-state index in [1.807, 2.05) is 0 Å². The Morgan fingerprint density at radius 1 is 1.20 bits per heavy atom. The van der Waals surface area contributed by atoms with Gasteiger partial charge in [-0.25, -0.2) is 9.37 Å². The summed E-state index contributed by atoms with van der Waals surface area (Å²) in [5.41, 5.74) is 0.521. The second-order valence-electron chi connectivity index (χ2n) is 6.32. The van der Waals surface area contributed by atoms with Gasteiger partial charge in [0.2, 0.25) is 0 Å². The first-order valence-electron chi connectivity index (χ1n) is 8.47. The number of nitrogens with one attached hydrogen (secondary N) is 1. The lowest BCUT2D eigenvalue weighted by molar-refractivity contribution is 0.409. The van der Waals surface area contributed by atoms with Gasteiger partial charge in [-0.2, -0.15) is 17.4 Å².